The SMILES string of the molecule is CC1Cc2[nH]c(C3CCCCC3C(F)(F)F)nc2C(C)C1. The Balaban J connectivity index is 1.91. The van der Waals surface area contributed by atoms with E-state index in [0.717, 1.165) is 30.7 Å². The van der Waals surface area contributed by atoms with Crippen molar-refractivity contribution in [2.75, 3.05) is 0 Å². The summed E-state index contributed by atoms with van der Waals surface area (Å²) in [4.78, 5) is 7.85. The number of hydrogen-bond donors (Lipinski definition) is 1. The highest BCUT2D eigenvalue weighted by atomic mass is 19.4. The highest BCUT2D eigenvalue weighted by molar-refractivity contribution is 5.24. The van der Waals surface area contributed by atoms with E-state index in [-0.39, 0.29) is 6.42 Å². The van der Waals surface area contributed by atoms with Crippen LogP contribution in [0.2, 0.25) is 0 Å². The summed E-state index contributed by atoms with van der Waals surface area (Å²) < 4.78 is 39.8. The highest BCUT2D eigenvalue weighted by Crippen LogP contribution is 2.46. The number of nitrogens with zero attached hydrogens (tertiary/aromatic N) is 1. The summed E-state index contributed by atoms with van der Waals surface area (Å²) in [6.45, 7) is 4.32. The maximum absolute atomic E-state index is 13.3. The van der Waals surface area contributed by atoms with E-state index in [9.17, 15) is 13.2 Å². The first kappa shape index (κ1) is 14.9. The van der Waals surface area contributed by atoms with Crippen LogP contribution in [0.1, 0.15) is 75.0 Å². The number of hydrogen-bond acceptors (Lipinski definition) is 1. The number of aromatic amines is 1. The molecule has 1 saturated carbocycles. The van der Waals surface area contributed by atoms with Crippen molar-refractivity contribution in [2.24, 2.45) is 11.8 Å². The molecular formula is C16H23F3N2. The van der Waals surface area contributed by atoms with Gasteiger partial charge in [0.1, 0.15) is 5.82 Å². The Morgan fingerprint density at radius 1 is 1.14 bits per heavy atom. The summed E-state index contributed by atoms with van der Waals surface area (Å²) >= 11 is 0. The van der Waals surface area contributed by atoms with E-state index < -0.39 is 18.0 Å². The summed E-state index contributed by atoms with van der Waals surface area (Å²) in [6, 6.07) is 0. The molecule has 118 valence electrons. The summed E-state index contributed by atoms with van der Waals surface area (Å²) in [5.74, 6) is -0.200. The standard InChI is InChI=1S/C16H23F3N2/c1-9-7-10(2)14-13(8-9)20-15(21-14)11-5-3-4-6-12(11)16(17,18)19/h9-12H,3-8H2,1-2H3,(H,20,21). The van der Waals surface area contributed by atoms with Gasteiger partial charge in [0.05, 0.1) is 11.6 Å². The molecule has 0 saturated heterocycles. The van der Waals surface area contributed by atoms with Gasteiger partial charge >= 0.3 is 6.18 Å². The Morgan fingerprint density at radius 2 is 1.86 bits per heavy atom. The fourth-order valence-corrected chi connectivity index (χ4v) is 4.18. The molecule has 2 aliphatic carbocycles. The second-order valence-corrected chi connectivity index (χ2v) is 6.97. The van der Waals surface area contributed by atoms with Gasteiger partial charge in [-0.25, -0.2) is 4.98 Å². The van der Waals surface area contributed by atoms with Gasteiger partial charge in [-0.1, -0.05) is 26.7 Å². The molecule has 1 N–H and O–H groups in total. The lowest BCUT2D eigenvalue weighted by Crippen LogP contribution is -2.32. The minimum atomic E-state index is -4.11. The van der Waals surface area contributed by atoms with Crippen LogP contribution in [0.15, 0.2) is 0 Å². The van der Waals surface area contributed by atoms with Crippen LogP contribution in [0, 0.1) is 11.8 Å². The van der Waals surface area contributed by atoms with Crippen LogP contribution in [0.4, 0.5) is 13.2 Å². The van der Waals surface area contributed by atoms with Gasteiger partial charge in [-0.2, -0.15) is 13.2 Å². The Bertz CT molecular complexity index is 506. The predicted molar refractivity (Wildman–Crippen MR) is 75.2 cm³/mol. The molecule has 1 aromatic heterocycles. The zero-order chi connectivity index (χ0) is 15.2. The zero-order valence-electron chi connectivity index (χ0n) is 12.6. The second-order valence-electron chi connectivity index (χ2n) is 6.97. The summed E-state index contributed by atoms with van der Waals surface area (Å²) in [5.41, 5.74) is 2.08. The number of aromatic nitrogens is 2. The van der Waals surface area contributed by atoms with E-state index in [1.165, 1.54) is 0 Å². The van der Waals surface area contributed by atoms with Crippen LogP contribution >= 0.6 is 0 Å². The molecule has 2 aliphatic rings. The van der Waals surface area contributed by atoms with Gasteiger partial charge in [-0.3, -0.25) is 0 Å². The average molecular weight is 300 g/mol. The van der Waals surface area contributed by atoms with Crippen LogP contribution in [0.25, 0.3) is 0 Å². The van der Waals surface area contributed by atoms with Crippen molar-refractivity contribution in [3.8, 4) is 0 Å². The predicted octanol–water partition coefficient (Wildman–Crippen LogP) is 4.93. The first-order valence-electron chi connectivity index (χ1n) is 8.01. The number of rotatable bonds is 1. The van der Waals surface area contributed by atoms with Crippen LogP contribution in [0.3, 0.4) is 0 Å². The van der Waals surface area contributed by atoms with Crippen molar-refractivity contribution in [1.82, 2.24) is 9.97 Å². The fraction of sp³-hybridized carbons (Fsp3) is 0.812. The second kappa shape index (κ2) is 5.33. The zero-order valence-corrected chi connectivity index (χ0v) is 12.6. The van der Waals surface area contributed by atoms with Crippen molar-refractivity contribution in [3.63, 3.8) is 0 Å². The van der Waals surface area contributed by atoms with Crippen molar-refractivity contribution in [1.29, 1.82) is 0 Å². The van der Waals surface area contributed by atoms with Crippen molar-refractivity contribution in [2.45, 2.75) is 70.4 Å². The third-order valence-corrected chi connectivity index (χ3v) is 5.14. The van der Waals surface area contributed by atoms with Gasteiger partial charge in [0.25, 0.3) is 0 Å². The molecule has 0 aromatic carbocycles. The molecule has 1 aromatic rings. The van der Waals surface area contributed by atoms with Gasteiger partial charge in [0.15, 0.2) is 0 Å². The lowest BCUT2D eigenvalue weighted by Gasteiger charge is -2.31. The highest BCUT2D eigenvalue weighted by Gasteiger charge is 2.47. The number of imidazole rings is 1. The third kappa shape index (κ3) is 2.84. The lowest BCUT2D eigenvalue weighted by molar-refractivity contribution is -0.187. The molecule has 4 unspecified atom stereocenters. The number of alkyl halides is 3. The molecule has 0 spiro atoms. The average Bonchev–Trinajstić information content (AvgIpc) is 2.81. The third-order valence-electron chi connectivity index (χ3n) is 5.14. The van der Waals surface area contributed by atoms with Gasteiger partial charge < -0.3 is 4.98 Å². The van der Waals surface area contributed by atoms with E-state index in [0.29, 0.717) is 30.5 Å². The maximum atomic E-state index is 13.3. The number of halogens is 3. The van der Waals surface area contributed by atoms with Gasteiger partial charge in [0, 0.05) is 17.5 Å². The minimum absolute atomic E-state index is 0.242. The first-order valence-corrected chi connectivity index (χ1v) is 8.01. The van der Waals surface area contributed by atoms with Gasteiger partial charge in [-0.15, -0.1) is 0 Å². The molecular weight excluding hydrogens is 277 g/mol. The number of fused-ring (bicyclic) bond motifs is 1. The number of H-pyrrole nitrogens is 1. The molecule has 1 heterocycles. The Morgan fingerprint density at radius 3 is 2.57 bits per heavy atom. The molecule has 0 bridgehead atoms. The molecule has 3 rings (SSSR count). The van der Waals surface area contributed by atoms with Crippen molar-refractivity contribution in [3.05, 3.63) is 17.2 Å². The van der Waals surface area contributed by atoms with Crippen LogP contribution in [-0.2, 0) is 6.42 Å². The van der Waals surface area contributed by atoms with Crippen molar-refractivity contribution < 1.29 is 13.2 Å². The summed E-state index contributed by atoms with van der Waals surface area (Å²) in [6.07, 6.45) is 0.257. The summed E-state index contributed by atoms with van der Waals surface area (Å²) in [7, 11) is 0. The molecule has 2 nitrogen and oxygen atoms in total. The monoisotopic (exact) mass is 300 g/mol. The molecule has 0 aliphatic heterocycles. The van der Waals surface area contributed by atoms with Crippen LogP contribution < -0.4 is 0 Å². The van der Waals surface area contributed by atoms with E-state index in [1.54, 1.807) is 0 Å². The molecule has 0 amide bonds. The Hall–Kier alpha value is -1.00. The topological polar surface area (TPSA) is 28.7 Å². The van der Waals surface area contributed by atoms with Crippen molar-refractivity contribution >= 4 is 0 Å². The van der Waals surface area contributed by atoms with E-state index >= 15 is 0 Å². The van der Waals surface area contributed by atoms with Crippen LogP contribution in [0.5, 0.6) is 0 Å². The Labute approximate surface area is 123 Å². The normalized spacial score (nSPS) is 33.8. The molecule has 21 heavy (non-hydrogen) atoms. The van der Waals surface area contributed by atoms with Gasteiger partial charge in [-0.05, 0) is 31.6 Å². The van der Waals surface area contributed by atoms with E-state index in [1.807, 2.05) is 0 Å². The quantitative estimate of drug-likeness (QED) is 0.782. The first-order chi connectivity index (χ1) is 9.86. The largest absolute Gasteiger partial charge is 0.392 e. The van der Waals surface area contributed by atoms with E-state index in [2.05, 4.69) is 23.8 Å². The minimum Gasteiger partial charge on any atom is -0.345 e. The van der Waals surface area contributed by atoms with Crippen LogP contribution in [-0.4, -0.2) is 16.1 Å². The number of nitrogens with one attached hydrogen (secondary N) is 1. The maximum Gasteiger partial charge on any atom is 0.392 e. The Kier molecular flexibility index (Phi) is 3.78. The summed E-state index contributed by atoms with van der Waals surface area (Å²) in [5, 5.41) is 0. The fourth-order valence-electron chi connectivity index (χ4n) is 4.18. The lowest BCUT2D eigenvalue weighted by atomic mass is 9.78. The molecule has 0 radical (unpaired) electrons. The van der Waals surface area contributed by atoms with Gasteiger partial charge in [0.2, 0.25) is 0 Å². The molecule has 5 heteroatoms. The molecule has 4 atom stereocenters. The smallest absolute Gasteiger partial charge is 0.345 e. The molecule has 1 fully saturated rings. The van der Waals surface area contributed by atoms with E-state index in [4.69, 9.17) is 0 Å².